The number of furan rings is 1. The molecule has 0 aliphatic carbocycles. The number of hydrogen-bond donors (Lipinski definition) is 0. The first-order valence-electron chi connectivity index (χ1n) is 6.51. The van der Waals surface area contributed by atoms with Crippen LogP contribution in [0.5, 0.6) is 0 Å². The molecule has 0 bridgehead atoms. The Balaban J connectivity index is 1.75. The average Bonchev–Trinajstić information content (AvgIpc) is 3.14. The summed E-state index contributed by atoms with van der Waals surface area (Å²) in [5.74, 6) is 1.28. The van der Waals surface area contributed by atoms with Crippen LogP contribution in [0.4, 0.5) is 0 Å². The molecule has 0 spiro atoms. The van der Waals surface area contributed by atoms with Crippen LogP contribution in [0, 0.1) is 0 Å². The number of para-hydroxylation sites is 1. The Hall–Kier alpha value is -2.52. The molecule has 0 fully saturated rings. The van der Waals surface area contributed by atoms with Crippen LogP contribution in [0.1, 0.15) is 0 Å². The zero-order valence-electron chi connectivity index (χ0n) is 10.9. The van der Waals surface area contributed by atoms with E-state index < -0.39 is 0 Å². The van der Waals surface area contributed by atoms with E-state index in [4.69, 9.17) is 20.5 Å². The number of fused-ring (bicyclic) bond motifs is 1. The number of halogens is 1. The fraction of sp³-hybridized carbons (Fsp3) is 0. The SMILES string of the molecule is Clc1ccc(-c2cc(-c3cc4ccccc4o3)on2)cc1. The van der Waals surface area contributed by atoms with Gasteiger partial charge in [-0.15, -0.1) is 0 Å². The first kappa shape index (κ1) is 12.2. The molecular weight excluding hydrogens is 286 g/mol. The zero-order chi connectivity index (χ0) is 14.2. The van der Waals surface area contributed by atoms with Crippen molar-refractivity contribution >= 4 is 22.6 Å². The highest BCUT2D eigenvalue weighted by atomic mass is 35.5. The van der Waals surface area contributed by atoms with Crippen LogP contribution in [0.3, 0.4) is 0 Å². The standard InChI is InChI=1S/C17H10ClNO2/c18-13-7-5-11(6-8-13)14-10-17(21-19-14)16-9-12-3-1-2-4-15(12)20-16/h1-10H. The zero-order valence-corrected chi connectivity index (χ0v) is 11.7. The molecule has 0 radical (unpaired) electrons. The van der Waals surface area contributed by atoms with Crippen LogP contribution in [-0.4, -0.2) is 5.16 Å². The quantitative estimate of drug-likeness (QED) is 0.496. The van der Waals surface area contributed by atoms with Gasteiger partial charge < -0.3 is 8.94 Å². The summed E-state index contributed by atoms with van der Waals surface area (Å²) in [7, 11) is 0. The van der Waals surface area contributed by atoms with Crippen LogP contribution in [-0.2, 0) is 0 Å². The van der Waals surface area contributed by atoms with Crippen molar-refractivity contribution in [3.05, 3.63) is 65.7 Å². The van der Waals surface area contributed by atoms with E-state index in [1.807, 2.05) is 60.7 Å². The van der Waals surface area contributed by atoms with E-state index in [9.17, 15) is 0 Å². The maximum atomic E-state index is 5.89. The molecule has 0 aliphatic rings. The van der Waals surface area contributed by atoms with Crippen LogP contribution < -0.4 is 0 Å². The monoisotopic (exact) mass is 295 g/mol. The lowest BCUT2D eigenvalue weighted by Crippen LogP contribution is -1.75. The van der Waals surface area contributed by atoms with Crippen LogP contribution >= 0.6 is 11.6 Å². The molecule has 4 aromatic rings. The molecule has 2 heterocycles. The maximum absolute atomic E-state index is 5.89. The minimum absolute atomic E-state index is 0.608. The summed E-state index contributed by atoms with van der Waals surface area (Å²) in [5, 5.41) is 5.82. The van der Waals surface area contributed by atoms with E-state index in [0.717, 1.165) is 22.2 Å². The average molecular weight is 296 g/mol. The minimum atomic E-state index is 0.608. The van der Waals surface area contributed by atoms with Crippen molar-refractivity contribution in [3.63, 3.8) is 0 Å². The highest BCUT2D eigenvalue weighted by molar-refractivity contribution is 6.30. The molecule has 3 nitrogen and oxygen atoms in total. The maximum Gasteiger partial charge on any atom is 0.202 e. The molecule has 102 valence electrons. The summed E-state index contributed by atoms with van der Waals surface area (Å²) < 4.78 is 11.2. The number of nitrogens with zero attached hydrogens (tertiary/aromatic N) is 1. The second-order valence-corrected chi connectivity index (χ2v) is 5.17. The Morgan fingerprint density at radius 2 is 1.67 bits per heavy atom. The molecule has 0 atom stereocenters. The van der Waals surface area contributed by atoms with Gasteiger partial charge in [-0.25, -0.2) is 0 Å². The van der Waals surface area contributed by atoms with Gasteiger partial charge in [-0.3, -0.25) is 0 Å². The fourth-order valence-corrected chi connectivity index (χ4v) is 2.38. The van der Waals surface area contributed by atoms with Crippen molar-refractivity contribution in [3.8, 4) is 22.8 Å². The number of hydrogen-bond acceptors (Lipinski definition) is 3. The second kappa shape index (κ2) is 4.79. The largest absolute Gasteiger partial charge is 0.453 e. The Kier molecular flexibility index (Phi) is 2.79. The van der Waals surface area contributed by atoms with Crippen LogP contribution in [0.25, 0.3) is 33.7 Å². The summed E-state index contributed by atoms with van der Waals surface area (Å²) in [4.78, 5) is 0. The lowest BCUT2D eigenvalue weighted by Gasteiger charge is -1.93. The molecule has 0 amide bonds. The van der Waals surface area contributed by atoms with E-state index in [0.29, 0.717) is 16.5 Å². The Morgan fingerprint density at radius 3 is 2.48 bits per heavy atom. The smallest absolute Gasteiger partial charge is 0.202 e. The molecule has 0 unspecified atom stereocenters. The van der Waals surface area contributed by atoms with Crippen molar-refractivity contribution in [2.24, 2.45) is 0 Å². The lowest BCUT2D eigenvalue weighted by molar-refractivity contribution is 0.423. The van der Waals surface area contributed by atoms with E-state index in [-0.39, 0.29) is 0 Å². The topological polar surface area (TPSA) is 39.2 Å². The molecule has 0 saturated heterocycles. The van der Waals surface area contributed by atoms with Gasteiger partial charge in [0.15, 0.2) is 5.76 Å². The van der Waals surface area contributed by atoms with Gasteiger partial charge in [0.05, 0.1) is 0 Å². The van der Waals surface area contributed by atoms with Crippen molar-refractivity contribution < 1.29 is 8.94 Å². The summed E-state index contributed by atoms with van der Waals surface area (Å²) in [6.07, 6.45) is 0. The fourth-order valence-electron chi connectivity index (χ4n) is 2.25. The summed E-state index contributed by atoms with van der Waals surface area (Å²) >= 11 is 5.89. The third-order valence-corrected chi connectivity index (χ3v) is 3.57. The predicted molar refractivity (Wildman–Crippen MR) is 82.2 cm³/mol. The molecule has 0 aliphatic heterocycles. The predicted octanol–water partition coefficient (Wildman–Crippen LogP) is 5.41. The Labute approximate surface area is 125 Å². The number of benzene rings is 2. The lowest BCUT2D eigenvalue weighted by atomic mass is 10.1. The summed E-state index contributed by atoms with van der Waals surface area (Å²) in [6, 6.07) is 19.1. The van der Waals surface area contributed by atoms with Gasteiger partial charge in [0.25, 0.3) is 0 Å². The molecule has 21 heavy (non-hydrogen) atoms. The van der Waals surface area contributed by atoms with Crippen molar-refractivity contribution in [1.29, 1.82) is 0 Å². The Bertz CT molecular complexity index is 873. The van der Waals surface area contributed by atoms with Gasteiger partial charge in [-0.1, -0.05) is 47.1 Å². The normalized spacial score (nSPS) is 11.1. The van der Waals surface area contributed by atoms with Crippen LogP contribution in [0.15, 0.2) is 69.6 Å². The van der Waals surface area contributed by atoms with E-state index in [1.165, 1.54) is 0 Å². The van der Waals surface area contributed by atoms with Gasteiger partial charge in [0, 0.05) is 22.0 Å². The highest BCUT2D eigenvalue weighted by Gasteiger charge is 2.12. The third kappa shape index (κ3) is 2.22. The summed E-state index contributed by atoms with van der Waals surface area (Å²) in [5.41, 5.74) is 2.53. The molecular formula is C17H10ClNO2. The van der Waals surface area contributed by atoms with E-state index >= 15 is 0 Å². The first-order chi connectivity index (χ1) is 10.3. The molecule has 2 aromatic heterocycles. The van der Waals surface area contributed by atoms with Gasteiger partial charge in [-0.2, -0.15) is 0 Å². The van der Waals surface area contributed by atoms with Gasteiger partial charge >= 0.3 is 0 Å². The highest BCUT2D eigenvalue weighted by Crippen LogP contribution is 2.30. The van der Waals surface area contributed by atoms with Crippen molar-refractivity contribution in [2.45, 2.75) is 0 Å². The number of aromatic nitrogens is 1. The van der Waals surface area contributed by atoms with E-state index in [2.05, 4.69) is 5.16 Å². The van der Waals surface area contributed by atoms with Gasteiger partial charge in [-0.05, 0) is 24.3 Å². The first-order valence-corrected chi connectivity index (χ1v) is 6.89. The molecule has 4 rings (SSSR count). The Morgan fingerprint density at radius 1 is 0.857 bits per heavy atom. The van der Waals surface area contributed by atoms with Crippen molar-refractivity contribution in [2.75, 3.05) is 0 Å². The third-order valence-electron chi connectivity index (χ3n) is 3.32. The van der Waals surface area contributed by atoms with Crippen molar-refractivity contribution in [1.82, 2.24) is 5.16 Å². The molecule has 0 N–H and O–H groups in total. The van der Waals surface area contributed by atoms with Crippen LogP contribution in [0.2, 0.25) is 5.02 Å². The van der Waals surface area contributed by atoms with E-state index in [1.54, 1.807) is 0 Å². The molecule has 4 heteroatoms. The second-order valence-electron chi connectivity index (χ2n) is 4.73. The van der Waals surface area contributed by atoms with Gasteiger partial charge in [0.2, 0.25) is 5.76 Å². The molecule has 2 aromatic carbocycles. The number of rotatable bonds is 2. The van der Waals surface area contributed by atoms with Gasteiger partial charge in [0.1, 0.15) is 11.3 Å². The minimum Gasteiger partial charge on any atom is -0.453 e. The summed E-state index contributed by atoms with van der Waals surface area (Å²) in [6.45, 7) is 0. The molecule has 0 saturated carbocycles.